The van der Waals surface area contributed by atoms with Crippen LogP contribution in [0.25, 0.3) is 10.9 Å². The van der Waals surface area contributed by atoms with Gasteiger partial charge in [0.1, 0.15) is 0 Å². The normalized spacial score (nSPS) is 19.8. The van der Waals surface area contributed by atoms with Crippen molar-refractivity contribution < 1.29 is 4.79 Å². The first-order valence-corrected chi connectivity index (χ1v) is 6.68. The molecule has 100 valence electrons. The first kappa shape index (κ1) is 12.2. The summed E-state index contributed by atoms with van der Waals surface area (Å²) in [6, 6.07) is 6.14. The summed E-state index contributed by atoms with van der Waals surface area (Å²) < 4.78 is 0. The van der Waals surface area contributed by atoms with Crippen LogP contribution >= 0.6 is 0 Å². The Bertz CT molecular complexity index is 592. The highest BCUT2D eigenvalue weighted by molar-refractivity contribution is 6.05. The second-order valence-corrected chi connectivity index (χ2v) is 5.02. The van der Waals surface area contributed by atoms with Crippen LogP contribution in [0.5, 0.6) is 0 Å². The number of hydrogen-bond donors (Lipinski definition) is 2. The fraction of sp³-hybridized carbons (Fsp3) is 0.429. The zero-order valence-corrected chi connectivity index (χ0v) is 11.0. The van der Waals surface area contributed by atoms with Crippen LogP contribution in [0.1, 0.15) is 23.2 Å². The number of H-pyrrole nitrogens is 1. The Morgan fingerprint density at radius 2 is 2.42 bits per heavy atom. The van der Waals surface area contributed by atoms with Gasteiger partial charge in [-0.2, -0.15) is 5.10 Å². The molecule has 0 aliphatic carbocycles. The number of para-hydroxylation sites is 1. The zero-order chi connectivity index (χ0) is 13.2. The minimum Gasteiger partial charge on any atom is -0.337 e. The van der Waals surface area contributed by atoms with Crippen molar-refractivity contribution >= 4 is 16.8 Å². The number of piperidine rings is 1. The van der Waals surface area contributed by atoms with Gasteiger partial charge in [-0.25, -0.2) is 0 Å². The van der Waals surface area contributed by atoms with Gasteiger partial charge in [0.15, 0.2) is 0 Å². The maximum Gasteiger partial charge on any atom is 0.256 e. The first-order valence-electron chi connectivity index (χ1n) is 6.68. The van der Waals surface area contributed by atoms with E-state index in [1.165, 1.54) is 0 Å². The summed E-state index contributed by atoms with van der Waals surface area (Å²) in [5.41, 5.74) is 1.55. The molecule has 1 fully saturated rings. The van der Waals surface area contributed by atoms with Gasteiger partial charge in [0.05, 0.1) is 17.3 Å². The molecule has 2 heterocycles. The topological polar surface area (TPSA) is 61.0 Å². The van der Waals surface area contributed by atoms with Crippen molar-refractivity contribution in [1.82, 2.24) is 20.4 Å². The van der Waals surface area contributed by atoms with Gasteiger partial charge in [0, 0.05) is 24.5 Å². The number of benzene rings is 1. The van der Waals surface area contributed by atoms with Gasteiger partial charge in [-0.05, 0) is 26.0 Å². The summed E-state index contributed by atoms with van der Waals surface area (Å²) in [6.45, 7) is 1.61. The van der Waals surface area contributed by atoms with Crippen molar-refractivity contribution in [2.75, 3.05) is 20.1 Å². The van der Waals surface area contributed by atoms with Gasteiger partial charge >= 0.3 is 0 Å². The number of hydrogen-bond acceptors (Lipinski definition) is 3. The van der Waals surface area contributed by atoms with Gasteiger partial charge in [0.25, 0.3) is 5.91 Å². The number of aromatic nitrogens is 2. The van der Waals surface area contributed by atoms with Gasteiger partial charge in [-0.15, -0.1) is 0 Å². The van der Waals surface area contributed by atoms with Crippen LogP contribution in [0, 0.1) is 0 Å². The average molecular weight is 258 g/mol. The molecule has 1 aliphatic heterocycles. The van der Waals surface area contributed by atoms with E-state index in [-0.39, 0.29) is 5.91 Å². The summed E-state index contributed by atoms with van der Waals surface area (Å²) in [6.07, 6.45) is 3.93. The Labute approximate surface area is 112 Å². The van der Waals surface area contributed by atoms with Crippen LogP contribution < -0.4 is 5.32 Å². The molecule has 1 aliphatic rings. The van der Waals surface area contributed by atoms with Crippen molar-refractivity contribution in [3.63, 3.8) is 0 Å². The predicted molar refractivity (Wildman–Crippen MR) is 74.1 cm³/mol. The highest BCUT2D eigenvalue weighted by atomic mass is 16.2. The van der Waals surface area contributed by atoms with E-state index >= 15 is 0 Å². The van der Waals surface area contributed by atoms with Crippen LogP contribution in [0.2, 0.25) is 0 Å². The highest BCUT2D eigenvalue weighted by Gasteiger charge is 2.24. The molecule has 5 heteroatoms. The van der Waals surface area contributed by atoms with E-state index in [0.717, 1.165) is 36.8 Å². The number of nitrogens with zero attached hydrogens (tertiary/aromatic N) is 2. The van der Waals surface area contributed by atoms with Gasteiger partial charge < -0.3 is 10.2 Å². The molecule has 0 spiro atoms. The molecule has 0 saturated carbocycles. The number of nitrogens with one attached hydrogen (secondary N) is 2. The molecule has 1 amide bonds. The van der Waals surface area contributed by atoms with Crippen LogP contribution in [0.3, 0.4) is 0 Å². The van der Waals surface area contributed by atoms with E-state index in [2.05, 4.69) is 15.5 Å². The number of fused-ring (bicyclic) bond motifs is 1. The third-order valence-electron chi connectivity index (χ3n) is 3.82. The van der Waals surface area contributed by atoms with Crippen molar-refractivity contribution in [1.29, 1.82) is 0 Å². The molecule has 0 bridgehead atoms. The lowest BCUT2D eigenvalue weighted by Crippen LogP contribution is -2.47. The SMILES string of the molecule is CN[C@H]1CCCN(C(=O)c2cccc3cn[nH]c23)C1. The number of carbonyl (C=O) groups excluding carboxylic acids is 1. The molecular formula is C14H18N4O. The van der Waals surface area contributed by atoms with Crippen LogP contribution in [0.4, 0.5) is 0 Å². The Kier molecular flexibility index (Phi) is 3.21. The smallest absolute Gasteiger partial charge is 0.256 e. The van der Waals surface area contributed by atoms with E-state index in [4.69, 9.17) is 0 Å². The maximum absolute atomic E-state index is 12.6. The summed E-state index contributed by atoms with van der Waals surface area (Å²) >= 11 is 0. The van der Waals surface area contributed by atoms with E-state index in [9.17, 15) is 4.79 Å². The van der Waals surface area contributed by atoms with E-state index in [0.29, 0.717) is 11.6 Å². The monoisotopic (exact) mass is 258 g/mol. The lowest BCUT2D eigenvalue weighted by atomic mass is 10.0. The van der Waals surface area contributed by atoms with Crippen molar-refractivity contribution in [3.8, 4) is 0 Å². The molecule has 1 saturated heterocycles. The van der Waals surface area contributed by atoms with Gasteiger partial charge in [0.2, 0.25) is 0 Å². The Balaban J connectivity index is 1.89. The second kappa shape index (κ2) is 5.01. The second-order valence-electron chi connectivity index (χ2n) is 5.02. The molecular weight excluding hydrogens is 240 g/mol. The molecule has 0 radical (unpaired) electrons. The fourth-order valence-corrected chi connectivity index (χ4v) is 2.71. The number of carbonyl (C=O) groups is 1. The Hall–Kier alpha value is -1.88. The summed E-state index contributed by atoms with van der Waals surface area (Å²) in [5, 5.41) is 11.2. The largest absolute Gasteiger partial charge is 0.337 e. The van der Waals surface area contributed by atoms with Gasteiger partial charge in [-0.1, -0.05) is 12.1 Å². The maximum atomic E-state index is 12.6. The van der Waals surface area contributed by atoms with Crippen molar-refractivity contribution in [2.45, 2.75) is 18.9 Å². The van der Waals surface area contributed by atoms with Crippen molar-refractivity contribution in [3.05, 3.63) is 30.0 Å². The fourth-order valence-electron chi connectivity index (χ4n) is 2.71. The molecule has 1 atom stereocenters. The van der Waals surface area contributed by atoms with Gasteiger partial charge in [-0.3, -0.25) is 9.89 Å². The van der Waals surface area contributed by atoms with E-state index in [1.807, 2.05) is 30.1 Å². The van der Waals surface area contributed by atoms with E-state index in [1.54, 1.807) is 6.20 Å². The molecule has 1 aromatic heterocycles. The number of aromatic amines is 1. The number of rotatable bonds is 2. The predicted octanol–water partition coefficient (Wildman–Crippen LogP) is 1.39. The molecule has 5 nitrogen and oxygen atoms in total. The van der Waals surface area contributed by atoms with Crippen LogP contribution in [-0.4, -0.2) is 47.2 Å². The lowest BCUT2D eigenvalue weighted by molar-refractivity contribution is 0.0700. The molecule has 19 heavy (non-hydrogen) atoms. The third-order valence-corrected chi connectivity index (χ3v) is 3.82. The van der Waals surface area contributed by atoms with Crippen LogP contribution in [-0.2, 0) is 0 Å². The molecule has 1 aromatic carbocycles. The minimum absolute atomic E-state index is 0.0924. The molecule has 3 rings (SSSR count). The zero-order valence-electron chi connectivity index (χ0n) is 11.0. The Morgan fingerprint density at radius 3 is 3.26 bits per heavy atom. The standard InChI is InChI=1S/C14H18N4O/c1-15-11-5-3-7-18(9-11)14(19)12-6-2-4-10-8-16-17-13(10)12/h2,4,6,8,11,15H,3,5,7,9H2,1H3,(H,16,17)/t11-/m0/s1. The highest BCUT2D eigenvalue weighted by Crippen LogP contribution is 2.19. The summed E-state index contributed by atoms with van der Waals surface area (Å²) in [4.78, 5) is 14.6. The van der Waals surface area contributed by atoms with Crippen molar-refractivity contribution in [2.24, 2.45) is 0 Å². The van der Waals surface area contributed by atoms with E-state index < -0.39 is 0 Å². The molecule has 2 N–H and O–H groups in total. The van der Waals surface area contributed by atoms with Crippen LogP contribution in [0.15, 0.2) is 24.4 Å². The summed E-state index contributed by atoms with van der Waals surface area (Å²) in [5.74, 6) is 0.0924. The minimum atomic E-state index is 0.0924. The first-order chi connectivity index (χ1) is 9.29. The third kappa shape index (κ3) is 2.21. The number of likely N-dealkylation sites (N-methyl/N-ethyl adjacent to an activating group) is 1. The quantitative estimate of drug-likeness (QED) is 0.855. The number of amides is 1. The average Bonchev–Trinajstić information content (AvgIpc) is 2.95. The Morgan fingerprint density at radius 1 is 1.53 bits per heavy atom. The molecule has 0 unspecified atom stereocenters. The lowest BCUT2D eigenvalue weighted by Gasteiger charge is -2.32. The molecule has 2 aromatic rings. The summed E-state index contributed by atoms with van der Waals surface area (Å²) in [7, 11) is 1.95. The number of likely N-dealkylation sites (tertiary alicyclic amines) is 1.